The Labute approximate surface area is 168 Å². The maximum Gasteiger partial charge on any atom is 0.452 e. The van der Waals surface area contributed by atoms with Gasteiger partial charge in [0, 0.05) is 6.20 Å². The number of allylic oxidation sites excluding steroid dienone is 1. The average Bonchev–Trinajstić information content (AvgIpc) is 3.08. The fraction of sp³-hybridized carbons (Fsp3) is 0.333. The molecular formula is C18H18BrF3N2O4. The summed E-state index contributed by atoms with van der Waals surface area (Å²) in [6.45, 7) is 3.65. The van der Waals surface area contributed by atoms with Gasteiger partial charge in [0.15, 0.2) is 0 Å². The molecular weight excluding hydrogens is 445 g/mol. The normalized spacial score (nSPS) is 12.0. The van der Waals surface area contributed by atoms with Crippen LogP contribution in [0.25, 0.3) is 0 Å². The number of rotatable bonds is 8. The molecule has 0 fully saturated rings. The minimum Gasteiger partial charge on any atom is -0.487 e. The quantitative estimate of drug-likeness (QED) is 0.420. The fourth-order valence-corrected chi connectivity index (χ4v) is 2.67. The molecule has 0 atom stereocenters. The summed E-state index contributed by atoms with van der Waals surface area (Å²) in [5.74, 6) is -1.48. The molecule has 1 aromatic carbocycles. The van der Waals surface area contributed by atoms with Crippen LogP contribution >= 0.6 is 15.9 Å². The van der Waals surface area contributed by atoms with Gasteiger partial charge in [0.2, 0.25) is 5.76 Å². The molecule has 6 nitrogen and oxygen atoms in total. The van der Waals surface area contributed by atoms with Crippen molar-refractivity contribution in [1.82, 2.24) is 9.78 Å². The van der Waals surface area contributed by atoms with Gasteiger partial charge in [0.1, 0.15) is 12.0 Å². The molecule has 0 saturated heterocycles. The van der Waals surface area contributed by atoms with E-state index >= 15 is 0 Å². The highest BCUT2D eigenvalue weighted by atomic mass is 79.9. The highest BCUT2D eigenvalue weighted by Gasteiger charge is 2.36. The smallest absolute Gasteiger partial charge is 0.452 e. The van der Waals surface area contributed by atoms with E-state index in [9.17, 15) is 18.0 Å². The van der Waals surface area contributed by atoms with E-state index in [2.05, 4.69) is 25.8 Å². The van der Waals surface area contributed by atoms with Crippen LogP contribution in [-0.2, 0) is 16.0 Å². The number of hydrogen-bond donors (Lipinski definition) is 0. The minimum absolute atomic E-state index is 0.132. The molecule has 0 aliphatic carbocycles. The zero-order chi connectivity index (χ0) is 20.7. The van der Waals surface area contributed by atoms with Crippen LogP contribution in [0.15, 0.2) is 47.1 Å². The standard InChI is InChI=1S/C18H18BrF3N2O4/c1-3-26-16(18(20,21)22)11-28-15-6-5-12(7-14(15)19)9-24-10-13(8-23-24)17(25)27-4-2/h5-8,10-11H,3-4,9H2,1-2H3/b16-11-. The predicted molar refractivity (Wildman–Crippen MR) is 97.8 cm³/mol. The van der Waals surface area contributed by atoms with Crippen LogP contribution in [0.1, 0.15) is 29.8 Å². The van der Waals surface area contributed by atoms with Crippen LogP contribution in [-0.4, -0.2) is 35.1 Å². The molecule has 1 aromatic heterocycles. The average molecular weight is 463 g/mol. The third kappa shape index (κ3) is 6.01. The molecule has 0 saturated carbocycles. The van der Waals surface area contributed by atoms with Crippen molar-refractivity contribution in [2.24, 2.45) is 0 Å². The summed E-state index contributed by atoms with van der Waals surface area (Å²) in [5.41, 5.74) is 1.13. The summed E-state index contributed by atoms with van der Waals surface area (Å²) in [7, 11) is 0. The predicted octanol–water partition coefficient (Wildman–Crippen LogP) is 4.69. The lowest BCUT2D eigenvalue weighted by molar-refractivity contribution is -0.132. The van der Waals surface area contributed by atoms with Crippen molar-refractivity contribution in [3.8, 4) is 5.75 Å². The Balaban J connectivity index is 2.09. The lowest BCUT2D eigenvalue weighted by atomic mass is 10.2. The van der Waals surface area contributed by atoms with Gasteiger partial charge in [-0.25, -0.2) is 4.79 Å². The molecule has 0 spiro atoms. The molecule has 0 radical (unpaired) electrons. The molecule has 2 aromatic rings. The van der Waals surface area contributed by atoms with Crippen molar-refractivity contribution in [1.29, 1.82) is 0 Å². The third-order valence-electron chi connectivity index (χ3n) is 3.36. The Morgan fingerprint density at radius 2 is 1.96 bits per heavy atom. The minimum atomic E-state index is -4.64. The van der Waals surface area contributed by atoms with E-state index in [-0.39, 0.29) is 19.0 Å². The maximum absolute atomic E-state index is 12.8. The highest BCUT2D eigenvalue weighted by Crippen LogP contribution is 2.30. The number of carbonyl (C=O) groups excluding carboxylic acids is 1. The van der Waals surface area contributed by atoms with Gasteiger partial charge in [0.25, 0.3) is 0 Å². The topological polar surface area (TPSA) is 62.6 Å². The van der Waals surface area contributed by atoms with Crippen LogP contribution in [0.3, 0.4) is 0 Å². The summed E-state index contributed by atoms with van der Waals surface area (Å²) in [6, 6.07) is 4.88. The molecule has 152 valence electrons. The molecule has 0 unspecified atom stereocenters. The summed E-state index contributed by atoms with van der Waals surface area (Å²) >= 11 is 3.27. The number of benzene rings is 1. The number of aromatic nitrogens is 2. The lowest BCUT2D eigenvalue weighted by Crippen LogP contribution is -2.15. The summed E-state index contributed by atoms with van der Waals surface area (Å²) < 4.78 is 55.0. The van der Waals surface area contributed by atoms with Gasteiger partial charge in [-0.15, -0.1) is 0 Å². The second-order valence-electron chi connectivity index (χ2n) is 5.44. The first-order valence-electron chi connectivity index (χ1n) is 8.29. The van der Waals surface area contributed by atoms with Gasteiger partial charge in [0.05, 0.1) is 36.0 Å². The Hall–Kier alpha value is -2.49. The maximum atomic E-state index is 12.8. The Bertz CT molecular complexity index is 850. The molecule has 0 N–H and O–H groups in total. The number of hydrogen-bond acceptors (Lipinski definition) is 5. The van der Waals surface area contributed by atoms with Crippen LogP contribution in [0.2, 0.25) is 0 Å². The first kappa shape index (κ1) is 21.8. The van der Waals surface area contributed by atoms with E-state index in [0.29, 0.717) is 22.8 Å². The first-order valence-corrected chi connectivity index (χ1v) is 9.08. The summed E-state index contributed by atoms with van der Waals surface area (Å²) in [5, 5.41) is 4.09. The number of esters is 1. The summed E-state index contributed by atoms with van der Waals surface area (Å²) in [4.78, 5) is 11.7. The zero-order valence-corrected chi connectivity index (χ0v) is 16.7. The molecule has 0 aliphatic heterocycles. The van der Waals surface area contributed by atoms with E-state index in [0.717, 1.165) is 5.56 Å². The van der Waals surface area contributed by atoms with Crippen LogP contribution in [0.4, 0.5) is 13.2 Å². The van der Waals surface area contributed by atoms with Crippen molar-refractivity contribution < 1.29 is 32.2 Å². The largest absolute Gasteiger partial charge is 0.487 e. The van der Waals surface area contributed by atoms with Gasteiger partial charge in [-0.05, 0) is 47.5 Å². The zero-order valence-electron chi connectivity index (χ0n) is 15.1. The molecule has 0 aliphatic rings. The van der Waals surface area contributed by atoms with Crippen molar-refractivity contribution >= 4 is 21.9 Å². The van der Waals surface area contributed by atoms with Gasteiger partial charge in [-0.2, -0.15) is 18.3 Å². The van der Waals surface area contributed by atoms with E-state index < -0.39 is 17.9 Å². The van der Waals surface area contributed by atoms with Crippen LogP contribution in [0, 0.1) is 0 Å². The van der Waals surface area contributed by atoms with E-state index in [1.54, 1.807) is 29.9 Å². The molecule has 0 bridgehead atoms. The first-order chi connectivity index (χ1) is 13.2. The lowest BCUT2D eigenvalue weighted by Gasteiger charge is -2.12. The Kier molecular flexibility index (Phi) is 7.50. The second kappa shape index (κ2) is 9.63. The Morgan fingerprint density at radius 1 is 1.25 bits per heavy atom. The van der Waals surface area contributed by atoms with Gasteiger partial charge in [-0.1, -0.05) is 6.07 Å². The van der Waals surface area contributed by atoms with Gasteiger partial charge in [-0.3, -0.25) is 4.68 Å². The molecule has 0 amide bonds. The third-order valence-corrected chi connectivity index (χ3v) is 3.98. The monoisotopic (exact) mass is 462 g/mol. The number of ether oxygens (including phenoxy) is 3. The molecule has 28 heavy (non-hydrogen) atoms. The number of nitrogens with zero attached hydrogens (tertiary/aromatic N) is 2. The molecule has 1 heterocycles. The molecule has 2 rings (SSSR count). The number of halogens is 4. The van der Waals surface area contributed by atoms with Gasteiger partial charge < -0.3 is 14.2 Å². The molecule has 10 heteroatoms. The number of alkyl halides is 3. The van der Waals surface area contributed by atoms with Crippen LogP contribution < -0.4 is 4.74 Å². The summed E-state index contributed by atoms with van der Waals surface area (Å²) in [6.07, 6.45) is -1.15. The van der Waals surface area contributed by atoms with Crippen molar-refractivity contribution in [2.45, 2.75) is 26.6 Å². The number of carbonyl (C=O) groups is 1. The van der Waals surface area contributed by atoms with Crippen molar-refractivity contribution in [3.63, 3.8) is 0 Å². The van der Waals surface area contributed by atoms with E-state index in [1.807, 2.05) is 0 Å². The highest BCUT2D eigenvalue weighted by molar-refractivity contribution is 9.10. The second-order valence-corrected chi connectivity index (χ2v) is 6.30. The van der Waals surface area contributed by atoms with Gasteiger partial charge >= 0.3 is 12.1 Å². The SMILES string of the molecule is CCOC(=O)c1cnn(Cc2ccc(O/C=C(\OCC)C(F)(F)F)c(Br)c2)c1. The van der Waals surface area contributed by atoms with Crippen molar-refractivity contribution in [2.75, 3.05) is 13.2 Å². The van der Waals surface area contributed by atoms with Crippen LogP contribution in [0.5, 0.6) is 5.75 Å². The van der Waals surface area contributed by atoms with E-state index in [4.69, 9.17) is 9.47 Å². The van der Waals surface area contributed by atoms with Crippen molar-refractivity contribution in [3.05, 3.63) is 58.2 Å². The Morgan fingerprint density at radius 3 is 2.57 bits per heavy atom. The van der Waals surface area contributed by atoms with E-state index in [1.165, 1.54) is 19.2 Å². The fourth-order valence-electron chi connectivity index (χ4n) is 2.15.